The maximum atomic E-state index is 14.0. The molecule has 7 nitrogen and oxygen atoms in total. The second-order valence-electron chi connectivity index (χ2n) is 8.77. The number of nitrogens with zero attached hydrogens (tertiary/aromatic N) is 3. The van der Waals surface area contributed by atoms with Crippen molar-refractivity contribution in [3.63, 3.8) is 0 Å². The Morgan fingerprint density at radius 1 is 1.11 bits per heavy atom. The van der Waals surface area contributed by atoms with Crippen molar-refractivity contribution >= 4 is 28.4 Å². The van der Waals surface area contributed by atoms with Gasteiger partial charge >= 0.3 is 0 Å². The number of ether oxygens (including phenoxy) is 1. The molecule has 0 radical (unpaired) electrons. The molecule has 1 amide bonds. The lowest BCUT2D eigenvalue weighted by Crippen LogP contribution is -2.36. The number of anilines is 2. The highest BCUT2D eigenvalue weighted by Gasteiger charge is 2.20. The van der Waals surface area contributed by atoms with Crippen LogP contribution in [-0.4, -0.2) is 64.8 Å². The number of morpholine rings is 1. The quantitative estimate of drug-likeness (QED) is 0.509. The molecule has 0 saturated carbocycles. The van der Waals surface area contributed by atoms with Crippen molar-refractivity contribution in [1.82, 2.24) is 4.90 Å². The SMILES string of the molecule is C#Cc1cc(F)cc(N(C)CCc2cc(C(=O)N(C)C)cc3c(=O)cc(N4CCOCC4)oc23)c1. The third kappa shape index (κ3) is 5.31. The van der Waals surface area contributed by atoms with Gasteiger partial charge in [-0.05, 0) is 42.3 Å². The van der Waals surface area contributed by atoms with Gasteiger partial charge in [0.15, 0.2) is 11.3 Å². The van der Waals surface area contributed by atoms with Crippen LogP contribution in [0.5, 0.6) is 0 Å². The van der Waals surface area contributed by atoms with Gasteiger partial charge in [0, 0.05) is 63.7 Å². The second kappa shape index (κ2) is 10.2. The summed E-state index contributed by atoms with van der Waals surface area (Å²) in [5.41, 5.74) is 2.47. The van der Waals surface area contributed by atoms with Crippen LogP contribution in [0.2, 0.25) is 0 Å². The smallest absolute Gasteiger partial charge is 0.253 e. The number of amides is 1. The first kappa shape index (κ1) is 24.3. The fourth-order valence-electron chi connectivity index (χ4n) is 4.12. The Kier molecular flexibility index (Phi) is 7.08. The van der Waals surface area contributed by atoms with Crippen LogP contribution in [0.25, 0.3) is 11.0 Å². The lowest BCUT2D eigenvalue weighted by Gasteiger charge is -2.27. The molecule has 8 heteroatoms. The Hall–Kier alpha value is -3.83. The second-order valence-corrected chi connectivity index (χ2v) is 8.77. The van der Waals surface area contributed by atoms with Crippen LogP contribution in [0.15, 0.2) is 45.6 Å². The molecular formula is C27H28FN3O4. The summed E-state index contributed by atoms with van der Waals surface area (Å²) in [5.74, 6) is 2.33. The number of terminal acetylenes is 1. The number of fused-ring (bicyclic) bond motifs is 1. The third-order valence-corrected chi connectivity index (χ3v) is 6.07. The van der Waals surface area contributed by atoms with Crippen molar-refractivity contribution in [3.8, 4) is 12.3 Å². The summed E-state index contributed by atoms with van der Waals surface area (Å²) in [6, 6.07) is 9.30. The van der Waals surface area contributed by atoms with E-state index in [4.69, 9.17) is 15.6 Å². The summed E-state index contributed by atoms with van der Waals surface area (Å²) in [7, 11) is 5.16. The minimum atomic E-state index is -0.410. The molecule has 0 spiro atoms. The van der Waals surface area contributed by atoms with E-state index in [1.165, 1.54) is 23.1 Å². The molecule has 0 bridgehead atoms. The summed E-state index contributed by atoms with van der Waals surface area (Å²) in [5, 5.41) is 0.354. The largest absolute Gasteiger partial charge is 0.440 e. The molecule has 3 aromatic rings. The monoisotopic (exact) mass is 477 g/mol. The van der Waals surface area contributed by atoms with Gasteiger partial charge in [0.2, 0.25) is 0 Å². The number of likely N-dealkylation sites (N-methyl/N-ethyl adjacent to an activating group) is 1. The van der Waals surface area contributed by atoms with E-state index in [-0.39, 0.29) is 11.3 Å². The van der Waals surface area contributed by atoms with E-state index in [0.29, 0.717) is 72.9 Å². The van der Waals surface area contributed by atoms with Crippen LogP contribution >= 0.6 is 0 Å². The van der Waals surface area contributed by atoms with Gasteiger partial charge in [0.25, 0.3) is 5.91 Å². The summed E-state index contributed by atoms with van der Waals surface area (Å²) in [6.07, 6.45) is 5.91. The van der Waals surface area contributed by atoms with E-state index in [1.54, 1.807) is 32.3 Å². The van der Waals surface area contributed by atoms with Crippen LogP contribution in [0.1, 0.15) is 21.5 Å². The van der Waals surface area contributed by atoms with Crippen molar-refractivity contribution in [2.75, 3.05) is 63.8 Å². The van der Waals surface area contributed by atoms with Gasteiger partial charge in [-0.25, -0.2) is 4.39 Å². The standard InChI is InChI=1S/C27H28FN3O4/c1-5-18-12-21(28)16-22(13-18)30(4)7-6-19-14-20(27(33)29(2)3)15-23-24(32)17-25(35-26(19)23)31-8-10-34-11-9-31/h1,12-17H,6-11H2,2-4H3. The first-order chi connectivity index (χ1) is 16.8. The zero-order valence-corrected chi connectivity index (χ0v) is 20.1. The van der Waals surface area contributed by atoms with Gasteiger partial charge in [-0.3, -0.25) is 9.59 Å². The maximum absolute atomic E-state index is 14.0. The Bertz CT molecular complexity index is 1350. The molecular weight excluding hydrogens is 449 g/mol. The minimum Gasteiger partial charge on any atom is -0.440 e. The Morgan fingerprint density at radius 3 is 2.54 bits per heavy atom. The molecule has 182 valence electrons. The fourth-order valence-corrected chi connectivity index (χ4v) is 4.12. The number of halogens is 1. The number of hydrogen-bond donors (Lipinski definition) is 0. The highest BCUT2D eigenvalue weighted by molar-refractivity contribution is 5.98. The summed E-state index contributed by atoms with van der Waals surface area (Å²) in [6.45, 7) is 2.85. The third-order valence-electron chi connectivity index (χ3n) is 6.07. The molecule has 0 aliphatic carbocycles. The number of carbonyl (C=O) groups excluding carboxylic acids is 1. The highest BCUT2D eigenvalue weighted by Crippen LogP contribution is 2.26. The summed E-state index contributed by atoms with van der Waals surface area (Å²) >= 11 is 0. The first-order valence-electron chi connectivity index (χ1n) is 11.4. The normalized spacial score (nSPS) is 13.5. The van der Waals surface area contributed by atoms with Gasteiger partial charge in [-0.2, -0.15) is 0 Å². The van der Waals surface area contributed by atoms with E-state index in [0.717, 1.165) is 5.56 Å². The van der Waals surface area contributed by atoms with E-state index in [1.807, 2.05) is 16.8 Å². The van der Waals surface area contributed by atoms with Gasteiger partial charge in [0.1, 0.15) is 11.4 Å². The number of benzene rings is 2. The molecule has 2 heterocycles. The minimum absolute atomic E-state index is 0.207. The molecule has 0 N–H and O–H groups in total. The fraction of sp³-hybridized carbons (Fsp3) is 0.333. The molecule has 1 aliphatic rings. The van der Waals surface area contributed by atoms with Crippen LogP contribution in [0, 0.1) is 18.2 Å². The van der Waals surface area contributed by atoms with Crippen molar-refractivity contribution < 1.29 is 18.3 Å². The van der Waals surface area contributed by atoms with E-state index in [2.05, 4.69) is 5.92 Å². The number of carbonyl (C=O) groups is 1. The van der Waals surface area contributed by atoms with Crippen molar-refractivity contribution in [1.29, 1.82) is 0 Å². The Balaban J connectivity index is 1.74. The molecule has 2 aromatic carbocycles. The number of hydrogen-bond acceptors (Lipinski definition) is 6. The predicted molar refractivity (Wildman–Crippen MR) is 135 cm³/mol. The van der Waals surface area contributed by atoms with Crippen molar-refractivity contribution in [3.05, 3.63) is 69.1 Å². The molecule has 1 aliphatic heterocycles. The van der Waals surface area contributed by atoms with Crippen LogP contribution in [-0.2, 0) is 11.2 Å². The molecule has 1 fully saturated rings. The van der Waals surface area contributed by atoms with Crippen LogP contribution in [0.4, 0.5) is 16.0 Å². The summed E-state index contributed by atoms with van der Waals surface area (Å²) < 4.78 is 25.7. The lowest BCUT2D eigenvalue weighted by atomic mass is 10.0. The van der Waals surface area contributed by atoms with Crippen LogP contribution < -0.4 is 15.2 Å². The average molecular weight is 478 g/mol. The average Bonchev–Trinajstić information content (AvgIpc) is 2.86. The molecule has 0 unspecified atom stereocenters. The summed E-state index contributed by atoms with van der Waals surface area (Å²) in [4.78, 5) is 31.1. The zero-order chi connectivity index (χ0) is 25.1. The van der Waals surface area contributed by atoms with Gasteiger partial charge in [-0.1, -0.05) is 5.92 Å². The lowest BCUT2D eigenvalue weighted by molar-refractivity contribution is 0.0827. The molecule has 1 saturated heterocycles. The highest BCUT2D eigenvalue weighted by atomic mass is 19.1. The van der Waals surface area contributed by atoms with Crippen LogP contribution in [0.3, 0.4) is 0 Å². The van der Waals surface area contributed by atoms with Gasteiger partial charge in [0.05, 0.1) is 18.6 Å². The van der Waals surface area contributed by atoms with Gasteiger partial charge < -0.3 is 23.9 Å². The van der Waals surface area contributed by atoms with E-state index < -0.39 is 5.82 Å². The van der Waals surface area contributed by atoms with Crippen molar-refractivity contribution in [2.24, 2.45) is 0 Å². The van der Waals surface area contributed by atoms with E-state index in [9.17, 15) is 14.0 Å². The van der Waals surface area contributed by atoms with E-state index >= 15 is 0 Å². The maximum Gasteiger partial charge on any atom is 0.253 e. The topological polar surface area (TPSA) is 66.2 Å². The Morgan fingerprint density at radius 2 is 1.86 bits per heavy atom. The van der Waals surface area contributed by atoms with Crippen molar-refractivity contribution in [2.45, 2.75) is 6.42 Å². The molecule has 0 atom stereocenters. The zero-order valence-electron chi connectivity index (χ0n) is 20.1. The molecule has 4 rings (SSSR count). The predicted octanol–water partition coefficient (Wildman–Crippen LogP) is 3.13. The number of rotatable bonds is 6. The molecule has 35 heavy (non-hydrogen) atoms. The first-order valence-corrected chi connectivity index (χ1v) is 11.4. The Labute approximate surface area is 203 Å². The molecule has 1 aromatic heterocycles. The van der Waals surface area contributed by atoms with Gasteiger partial charge in [-0.15, -0.1) is 6.42 Å².